The van der Waals surface area contributed by atoms with E-state index in [1.807, 2.05) is 24.3 Å². The largest absolute Gasteiger partial charge is 0.497 e. The summed E-state index contributed by atoms with van der Waals surface area (Å²) in [4.78, 5) is 14.4. The highest BCUT2D eigenvalue weighted by Crippen LogP contribution is 2.32. The maximum Gasteiger partial charge on any atom is 0.246 e. The number of ether oxygens (including phenoxy) is 1. The van der Waals surface area contributed by atoms with Gasteiger partial charge in [0, 0.05) is 6.54 Å². The lowest BCUT2D eigenvalue weighted by molar-refractivity contribution is -0.130. The number of aryl methyl sites for hydroxylation is 2. The highest BCUT2D eigenvalue weighted by Gasteiger charge is 2.31. The van der Waals surface area contributed by atoms with Crippen LogP contribution < -0.4 is 9.46 Å². The molecule has 1 saturated heterocycles. The molecule has 27 heavy (non-hydrogen) atoms. The predicted octanol–water partition coefficient (Wildman–Crippen LogP) is 1.94. The highest BCUT2D eigenvalue weighted by molar-refractivity contribution is 7.89. The first-order valence-electron chi connectivity index (χ1n) is 8.69. The van der Waals surface area contributed by atoms with Crippen molar-refractivity contribution < 1.29 is 22.5 Å². The van der Waals surface area contributed by atoms with Gasteiger partial charge in [0.1, 0.15) is 16.3 Å². The van der Waals surface area contributed by atoms with Crippen molar-refractivity contribution in [3.63, 3.8) is 0 Å². The van der Waals surface area contributed by atoms with Gasteiger partial charge in [0.05, 0.1) is 19.7 Å². The first-order chi connectivity index (χ1) is 12.8. The van der Waals surface area contributed by atoms with Crippen LogP contribution >= 0.6 is 0 Å². The molecule has 0 spiro atoms. The Balaban J connectivity index is 1.69. The van der Waals surface area contributed by atoms with Crippen molar-refractivity contribution in [2.45, 2.75) is 37.6 Å². The van der Waals surface area contributed by atoms with Crippen LogP contribution in [0.25, 0.3) is 0 Å². The Labute approximate surface area is 158 Å². The summed E-state index contributed by atoms with van der Waals surface area (Å²) in [5, 5.41) is 3.65. The highest BCUT2D eigenvalue weighted by atomic mass is 32.2. The van der Waals surface area contributed by atoms with E-state index in [0.29, 0.717) is 6.54 Å². The second-order valence-electron chi connectivity index (χ2n) is 6.50. The number of hydrogen-bond donors (Lipinski definition) is 1. The summed E-state index contributed by atoms with van der Waals surface area (Å²) in [5.74, 6) is 0.690. The minimum atomic E-state index is -3.86. The van der Waals surface area contributed by atoms with Gasteiger partial charge in [-0.1, -0.05) is 17.3 Å². The molecule has 0 radical (unpaired) electrons. The molecule has 1 aromatic heterocycles. The smallest absolute Gasteiger partial charge is 0.246 e. The number of likely N-dealkylation sites (tertiary alicyclic amines) is 1. The zero-order valence-electron chi connectivity index (χ0n) is 15.6. The van der Waals surface area contributed by atoms with Gasteiger partial charge < -0.3 is 14.2 Å². The van der Waals surface area contributed by atoms with Crippen molar-refractivity contribution >= 4 is 15.9 Å². The molecule has 0 bridgehead atoms. The van der Waals surface area contributed by atoms with Gasteiger partial charge in [-0.2, -0.15) is 0 Å². The van der Waals surface area contributed by atoms with Crippen LogP contribution in [0.2, 0.25) is 0 Å². The van der Waals surface area contributed by atoms with E-state index in [1.54, 1.807) is 18.9 Å². The number of methoxy groups -OCH3 is 1. The third kappa shape index (κ3) is 3.98. The van der Waals surface area contributed by atoms with Crippen molar-refractivity contribution in [2.24, 2.45) is 0 Å². The van der Waals surface area contributed by atoms with Crippen LogP contribution in [0.3, 0.4) is 0 Å². The molecule has 146 valence electrons. The number of hydrogen-bond acceptors (Lipinski definition) is 6. The van der Waals surface area contributed by atoms with Gasteiger partial charge in [-0.3, -0.25) is 4.79 Å². The number of nitrogens with zero attached hydrogens (tertiary/aromatic N) is 2. The van der Waals surface area contributed by atoms with Gasteiger partial charge >= 0.3 is 0 Å². The van der Waals surface area contributed by atoms with E-state index < -0.39 is 10.0 Å². The van der Waals surface area contributed by atoms with E-state index in [2.05, 4.69) is 9.88 Å². The molecule has 1 aromatic carbocycles. The lowest BCUT2D eigenvalue weighted by atomic mass is 10.0. The maximum atomic E-state index is 12.7. The lowest BCUT2D eigenvalue weighted by Crippen LogP contribution is -2.40. The van der Waals surface area contributed by atoms with Gasteiger partial charge in [-0.25, -0.2) is 13.1 Å². The Bertz CT molecular complexity index is 901. The van der Waals surface area contributed by atoms with Crippen LogP contribution in [0.4, 0.5) is 0 Å². The fourth-order valence-corrected chi connectivity index (χ4v) is 4.73. The number of amides is 1. The van der Waals surface area contributed by atoms with E-state index in [-0.39, 0.29) is 34.8 Å². The maximum absolute atomic E-state index is 12.7. The van der Waals surface area contributed by atoms with E-state index in [4.69, 9.17) is 9.26 Å². The molecule has 2 aromatic rings. The molecule has 0 aliphatic carbocycles. The minimum Gasteiger partial charge on any atom is -0.497 e. The molecule has 1 N–H and O–H groups in total. The Hall–Kier alpha value is -2.39. The van der Waals surface area contributed by atoms with E-state index in [1.165, 1.54) is 6.92 Å². The van der Waals surface area contributed by atoms with Crippen LogP contribution in [0, 0.1) is 13.8 Å². The van der Waals surface area contributed by atoms with Crippen molar-refractivity contribution in [3.05, 3.63) is 41.3 Å². The normalized spacial score (nSPS) is 17.3. The van der Waals surface area contributed by atoms with Crippen LogP contribution in [0.5, 0.6) is 5.75 Å². The van der Waals surface area contributed by atoms with Crippen molar-refractivity contribution in [1.29, 1.82) is 0 Å². The Morgan fingerprint density at radius 2 is 2.04 bits per heavy atom. The van der Waals surface area contributed by atoms with E-state index in [0.717, 1.165) is 24.2 Å². The van der Waals surface area contributed by atoms with Gasteiger partial charge in [0.25, 0.3) is 0 Å². The first-order valence-corrected chi connectivity index (χ1v) is 10.2. The monoisotopic (exact) mass is 393 g/mol. The molecule has 9 heteroatoms. The van der Waals surface area contributed by atoms with Crippen LogP contribution in [0.1, 0.15) is 35.9 Å². The quantitative estimate of drug-likeness (QED) is 0.805. The summed E-state index contributed by atoms with van der Waals surface area (Å²) in [5.41, 5.74) is 1.28. The summed E-state index contributed by atoms with van der Waals surface area (Å²) in [7, 11) is -2.26. The standard InChI is InChI=1S/C18H23N3O5S/c1-12-18(13(2)26-20-12)27(23,24)19-11-17(22)21-10-4-5-16(21)14-6-8-15(25-3)9-7-14/h6-9,16,19H,4-5,10-11H2,1-3H3/t16-/m0/s1. The summed E-state index contributed by atoms with van der Waals surface area (Å²) in [6, 6.07) is 7.52. The summed E-state index contributed by atoms with van der Waals surface area (Å²) in [6.07, 6.45) is 1.72. The Kier molecular flexibility index (Phi) is 5.52. The van der Waals surface area contributed by atoms with Gasteiger partial charge in [-0.15, -0.1) is 0 Å². The molecule has 1 atom stereocenters. The molecule has 2 heterocycles. The molecule has 1 aliphatic rings. The first kappa shape index (κ1) is 19.4. The predicted molar refractivity (Wildman–Crippen MR) is 97.8 cm³/mol. The summed E-state index contributed by atoms with van der Waals surface area (Å²) < 4.78 is 37.4. The van der Waals surface area contributed by atoms with E-state index in [9.17, 15) is 13.2 Å². The fourth-order valence-electron chi connectivity index (χ4n) is 3.43. The van der Waals surface area contributed by atoms with E-state index >= 15 is 0 Å². The average Bonchev–Trinajstić information content (AvgIpc) is 3.27. The van der Waals surface area contributed by atoms with Gasteiger partial charge in [-0.05, 0) is 44.4 Å². The average molecular weight is 393 g/mol. The molecular weight excluding hydrogens is 370 g/mol. The van der Waals surface area contributed by atoms with Crippen LogP contribution in [-0.4, -0.2) is 44.6 Å². The molecule has 0 unspecified atom stereocenters. The minimum absolute atomic E-state index is 0.0107. The number of nitrogens with one attached hydrogen (secondary N) is 1. The lowest BCUT2D eigenvalue weighted by Gasteiger charge is -2.25. The number of carbonyl (C=O) groups is 1. The topological polar surface area (TPSA) is 102 Å². The van der Waals surface area contributed by atoms with Crippen LogP contribution in [0.15, 0.2) is 33.7 Å². The number of carbonyl (C=O) groups excluding carboxylic acids is 1. The number of benzene rings is 1. The third-order valence-electron chi connectivity index (χ3n) is 4.72. The number of sulfonamides is 1. The van der Waals surface area contributed by atoms with Crippen molar-refractivity contribution in [2.75, 3.05) is 20.2 Å². The zero-order chi connectivity index (χ0) is 19.6. The molecule has 1 amide bonds. The molecule has 8 nitrogen and oxygen atoms in total. The number of aromatic nitrogens is 1. The second kappa shape index (κ2) is 7.69. The van der Waals surface area contributed by atoms with Crippen molar-refractivity contribution in [3.8, 4) is 5.75 Å². The molecule has 0 saturated carbocycles. The summed E-state index contributed by atoms with van der Waals surface area (Å²) >= 11 is 0. The zero-order valence-corrected chi connectivity index (χ0v) is 16.4. The van der Waals surface area contributed by atoms with Gasteiger partial charge in [0.2, 0.25) is 15.9 Å². The number of rotatable bonds is 6. The second-order valence-corrected chi connectivity index (χ2v) is 8.20. The fraction of sp³-hybridized carbons (Fsp3) is 0.444. The SMILES string of the molecule is COc1ccc([C@@H]2CCCN2C(=O)CNS(=O)(=O)c2c(C)noc2C)cc1. The van der Waals surface area contributed by atoms with Crippen molar-refractivity contribution in [1.82, 2.24) is 14.8 Å². The van der Waals surface area contributed by atoms with Crippen LogP contribution in [-0.2, 0) is 14.8 Å². The Morgan fingerprint density at radius 3 is 2.63 bits per heavy atom. The van der Waals surface area contributed by atoms with Gasteiger partial charge in [0.15, 0.2) is 5.76 Å². The molecular formula is C18H23N3O5S. The molecule has 1 fully saturated rings. The molecule has 1 aliphatic heterocycles. The third-order valence-corrected chi connectivity index (χ3v) is 6.37. The Morgan fingerprint density at radius 1 is 1.33 bits per heavy atom. The summed E-state index contributed by atoms with van der Waals surface area (Å²) in [6.45, 7) is 3.37. The molecule has 3 rings (SSSR count).